The summed E-state index contributed by atoms with van der Waals surface area (Å²) >= 11 is 4.24. The maximum atomic E-state index is 11.3. The molecule has 0 amide bonds. The van der Waals surface area contributed by atoms with Crippen LogP contribution in [0.4, 0.5) is 17.1 Å². The monoisotopic (exact) mass is 556 g/mol. The topological polar surface area (TPSA) is 154 Å². The molecule has 22 heavy (non-hydrogen) atoms. The van der Waals surface area contributed by atoms with Crippen molar-refractivity contribution in [3.8, 4) is 0 Å². The van der Waals surface area contributed by atoms with Crippen LogP contribution in [0.5, 0.6) is 0 Å². The Kier molecular flexibility index (Phi) is 9.77. The van der Waals surface area contributed by atoms with E-state index < -0.39 is 21.0 Å². The normalized spacial score (nSPS) is 10.9. The van der Waals surface area contributed by atoms with E-state index in [1.165, 1.54) is 13.1 Å². The second-order valence-corrected chi connectivity index (χ2v) is 5.14. The minimum Gasteiger partial charge on any atom is -0.481 e. The molecule has 0 unspecified atom stereocenters. The van der Waals surface area contributed by atoms with E-state index in [4.69, 9.17) is 15.4 Å². The Bertz CT molecular complexity index is 651. The Balaban J connectivity index is 0.00000211. The number of nitrogens with zero attached hydrogens (tertiary/aromatic N) is 2. The summed E-state index contributed by atoms with van der Waals surface area (Å²) in [5, 5.41) is 18.2. The Morgan fingerprint density at radius 2 is 2.00 bits per heavy atom. The Morgan fingerprint density at radius 1 is 1.41 bits per heavy atom. The number of rotatable bonds is 6. The molecule has 0 radical (unpaired) electrons. The third-order valence-corrected chi connectivity index (χ3v) is 3.16. The molecule has 0 heterocycles. The lowest BCUT2D eigenvalue weighted by Crippen LogP contribution is -2.11. The van der Waals surface area contributed by atoms with Crippen molar-refractivity contribution in [1.82, 2.24) is 0 Å². The largest absolute Gasteiger partial charge is 0.481 e. The van der Waals surface area contributed by atoms with Crippen LogP contribution in [0.15, 0.2) is 27.3 Å². The van der Waals surface area contributed by atoms with E-state index in [1.54, 1.807) is 0 Å². The molecule has 1 rings (SSSR count). The van der Waals surface area contributed by atoms with Crippen LogP contribution in [0, 0.1) is 0 Å². The molecule has 0 saturated carbocycles. The summed E-state index contributed by atoms with van der Waals surface area (Å²) in [6.07, 6.45) is -0.221. The van der Waals surface area contributed by atoms with Crippen LogP contribution in [-0.2, 0) is 14.9 Å². The minimum absolute atomic E-state index is 0.00121. The third-order valence-electron chi connectivity index (χ3n) is 2.27. The van der Waals surface area contributed by atoms with Crippen molar-refractivity contribution < 1.29 is 22.9 Å². The first-order chi connectivity index (χ1) is 10.3. The predicted octanol–water partition coefficient (Wildman–Crippen LogP) is 2.89. The fourth-order valence-electron chi connectivity index (χ4n) is 1.44. The van der Waals surface area contributed by atoms with E-state index >= 15 is 0 Å². The van der Waals surface area contributed by atoms with Crippen molar-refractivity contribution in [2.75, 3.05) is 24.6 Å². The zero-order valence-corrected chi connectivity index (χ0v) is 16.5. The van der Waals surface area contributed by atoms with E-state index in [0.717, 1.165) is 6.07 Å². The van der Waals surface area contributed by atoms with E-state index in [2.05, 4.69) is 52.8 Å². The van der Waals surface area contributed by atoms with Crippen LogP contribution in [-0.4, -0.2) is 37.6 Å². The summed E-state index contributed by atoms with van der Waals surface area (Å²) in [5.74, 6) is -1.05. The number of hydrogen-bond acceptors (Lipinski definition) is 7. The van der Waals surface area contributed by atoms with Gasteiger partial charge in [-0.25, -0.2) is 0 Å². The van der Waals surface area contributed by atoms with Crippen molar-refractivity contribution in [3.63, 3.8) is 0 Å². The van der Waals surface area contributed by atoms with Crippen LogP contribution < -0.4 is 11.1 Å². The van der Waals surface area contributed by atoms with Gasteiger partial charge in [-0.3, -0.25) is 9.35 Å². The van der Waals surface area contributed by atoms with E-state index in [1.807, 2.05) is 0 Å². The number of carboxylic acid groups (broad SMARTS) is 1. The lowest BCUT2D eigenvalue weighted by Gasteiger charge is -2.11. The zero-order chi connectivity index (χ0) is 17.3. The first kappa shape index (κ1) is 21.3. The van der Waals surface area contributed by atoms with Crippen LogP contribution in [0.25, 0.3) is 0 Å². The molecule has 0 fully saturated rings. The lowest BCUT2D eigenvalue weighted by molar-refractivity contribution is -0.136. The number of nitrogens with two attached hydrogens (primary N) is 1. The summed E-state index contributed by atoms with van der Waals surface area (Å²) in [5.41, 5.74) is 5.89. The zero-order valence-electron chi connectivity index (χ0n) is 11.3. The lowest BCUT2D eigenvalue weighted by atomic mass is 10.2. The molecule has 5 N–H and O–H groups in total. The quantitative estimate of drug-likeness (QED) is 0.182. The smallest absolute Gasteiger partial charge is 0.305 e. The Morgan fingerprint density at radius 3 is 2.45 bits per heavy atom. The molecule has 9 nitrogen and oxygen atoms in total. The second-order valence-electron chi connectivity index (χ2n) is 3.75. The van der Waals surface area contributed by atoms with E-state index in [0.29, 0.717) is 0 Å². The fraction of sp³-hybridized carbons (Fsp3) is 0.300. The van der Waals surface area contributed by atoms with Gasteiger partial charge in [-0.05, 0) is 12.1 Å². The van der Waals surface area contributed by atoms with Gasteiger partial charge in [0.2, 0.25) is 0 Å². The molecule has 0 atom stereocenters. The number of carbonyl (C=O) groups is 1. The molecular weight excluding hydrogens is 542 g/mol. The highest BCUT2D eigenvalue weighted by Gasteiger charge is 2.18. The molecule has 0 spiro atoms. The molecule has 124 valence electrons. The van der Waals surface area contributed by atoms with Crippen LogP contribution >= 0.6 is 37.2 Å². The number of aliphatic carboxylic acids is 1. The molecule has 0 aliphatic heterocycles. The van der Waals surface area contributed by atoms with Gasteiger partial charge in [-0.2, -0.15) is 18.6 Å². The first-order valence-corrected chi connectivity index (χ1v) is 13.3. The number of azo groups is 1. The molecule has 12 heteroatoms. The Labute approximate surface area is 150 Å². The summed E-state index contributed by atoms with van der Waals surface area (Å²) in [4.78, 5) is 9.97. The van der Waals surface area contributed by atoms with Gasteiger partial charge in [-0.1, -0.05) is 0 Å². The summed E-state index contributed by atoms with van der Waals surface area (Å²) in [6.45, 7) is -0.0219. The van der Waals surface area contributed by atoms with Gasteiger partial charge in [0, 0.05) is 50.8 Å². The number of nitrogens with one attached hydrogen (secondary N) is 1. The van der Waals surface area contributed by atoms with Crippen molar-refractivity contribution >= 4 is 70.4 Å². The maximum Gasteiger partial charge on any atom is 0.305 e. The second kappa shape index (κ2) is 10.1. The Hall–Kier alpha value is -0.740. The maximum absolute atomic E-state index is 11.3. The summed E-state index contributed by atoms with van der Waals surface area (Å²) in [7, 11) is -3.13. The van der Waals surface area contributed by atoms with Crippen LogP contribution in [0.2, 0.25) is 0 Å². The standard InChI is InChI=1S/C10H14N4O5S.I2/c1-12-14-7-5-9(20(17,18)19)8(4-6(7)11)13-3-2-10(15)16;1-2/h4-5,13H,2-3,11H2,1H3,(H,15,16)(H,17,18,19);. The van der Waals surface area contributed by atoms with Crippen molar-refractivity contribution in [2.45, 2.75) is 11.3 Å². The molecule has 1 aromatic carbocycles. The number of hydrogen-bond donors (Lipinski definition) is 4. The van der Waals surface area contributed by atoms with Crippen molar-refractivity contribution in [1.29, 1.82) is 0 Å². The molecule has 0 bridgehead atoms. The minimum atomic E-state index is -4.51. The van der Waals surface area contributed by atoms with Crippen LogP contribution in [0.3, 0.4) is 0 Å². The molecule has 0 aliphatic carbocycles. The molecule has 0 aliphatic rings. The highest BCUT2D eigenvalue weighted by atomic mass is 128. The number of anilines is 2. The summed E-state index contributed by atoms with van der Waals surface area (Å²) < 4.78 is 31.8. The third kappa shape index (κ3) is 7.01. The average molecular weight is 556 g/mol. The van der Waals surface area contributed by atoms with Gasteiger partial charge in [0.15, 0.2) is 0 Å². The van der Waals surface area contributed by atoms with Gasteiger partial charge in [0.1, 0.15) is 10.6 Å². The predicted molar refractivity (Wildman–Crippen MR) is 99.9 cm³/mol. The first-order valence-electron chi connectivity index (χ1n) is 5.56. The average Bonchev–Trinajstić information content (AvgIpc) is 2.42. The number of carboxylic acids is 1. The van der Waals surface area contributed by atoms with Crippen molar-refractivity contribution in [3.05, 3.63) is 12.1 Å². The van der Waals surface area contributed by atoms with Gasteiger partial charge in [0.05, 0.1) is 17.8 Å². The van der Waals surface area contributed by atoms with Crippen molar-refractivity contribution in [2.24, 2.45) is 10.2 Å². The van der Waals surface area contributed by atoms with Gasteiger partial charge < -0.3 is 16.2 Å². The molecular formula is C10H14I2N4O5S. The van der Waals surface area contributed by atoms with Crippen LogP contribution in [0.1, 0.15) is 6.42 Å². The fourth-order valence-corrected chi connectivity index (χ4v) is 2.11. The number of nitrogen functional groups attached to an aromatic ring is 1. The van der Waals surface area contributed by atoms with Gasteiger partial charge in [-0.15, -0.1) is 0 Å². The SMILES string of the molecule is CN=Nc1cc(S(=O)(=O)O)c(NCCC(=O)O)cc1N.II. The highest BCUT2D eigenvalue weighted by Crippen LogP contribution is 2.32. The number of benzene rings is 1. The van der Waals surface area contributed by atoms with E-state index in [-0.39, 0.29) is 30.0 Å². The molecule has 0 saturated heterocycles. The van der Waals surface area contributed by atoms with Gasteiger partial charge >= 0.3 is 5.97 Å². The number of halogens is 2. The van der Waals surface area contributed by atoms with E-state index in [9.17, 15) is 13.2 Å². The molecule has 1 aromatic rings. The summed E-state index contributed by atoms with van der Waals surface area (Å²) in [6, 6.07) is 2.30. The highest BCUT2D eigenvalue weighted by molar-refractivity contribution is 15.0. The molecule has 0 aromatic heterocycles. The van der Waals surface area contributed by atoms with Gasteiger partial charge in [0.25, 0.3) is 10.1 Å².